The molecule has 3 aliphatic heterocycles. The van der Waals surface area contributed by atoms with E-state index in [0.717, 1.165) is 0 Å². The minimum atomic E-state index is -0.582. The lowest BCUT2D eigenvalue weighted by Gasteiger charge is -2.38. The van der Waals surface area contributed by atoms with Gasteiger partial charge in [0.25, 0.3) is 0 Å². The summed E-state index contributed by atoms with van der Waals surface area (Å²) in [6, 6.07) is 6.75. The maximum atomic E-state index is 15.9. The van der Waals surface area contributed by atoms with Crippen molar-refractivity contribution < 1.29 is 23.0 Å². The van der Waals surface area contributed by atoms with Crippen LogP contribution in [0, 0.1) is 11.6 Å². The third-order valence-electron chi connectivity index (χ3n) is 7.07. The van der Waals surface area contributed by atoms with Gasteiger partial charge in [-0.1, -0.05) is 12.1 Å². The van der Waals surface area contributed by atoms with E-state index in [1.54, 1.807) is 17.0 Å². The number of nitrogens with zero attached hydrogens (tertiary/aromatic N) is 6. The smallest absolute Gasteiger partial charge is 0.410 e. The van der Waals surface area contributed by atoms with Gasteiger partial charge in [-0.25, -0.2) is 18.6 Å². The molecule has 4 heterocycles. The van der Waals surface area contributed by atoms with Crippen LogP contribution < -0.4 is 20.0 Å². The Kier molecular flexibility index (Phi) is 8.03. The number of carbonyl (C=O) groups is 1. The SMILES string of the molecule is CC(C)(C)OC(=O)N1CCN(c2nc(N3CCN(c4ccccc4F)CC3)nc(C3CNCCO3)c2F)CC1. The number of hydrogen-bond acceptors (Lipinski definition) is 9. The fourth-order valence-electron chi connectivity index (χ4n) is 5.03. The van der Waals surface area contributed by atoms with E-state index < -0.39 is 17.5 Å². The Hall–Kier alpha value is -3.25. The molecule has 1 aromatic carbocycles. The predicted molar refractivity (Wildman–Crippen MR) is 144 cm³/mol. The van der Waals surface area contributed by atoms with Gasteiger partial charge in [0.2, 0.25) is 5.95 Å². The Morgan fingerprint density at radius 3 is 2.28 bits per heavy atom. The molecule has 5 rings (SSSR count). The van der Waals surface area contributed by atoms with Crippen LogP contribution in [-0.4, -0.2) is 98.6 Å². The van der Waals surface area contributed by atoms with E-state index in [0.29, 0.717) is 83.7 Å². The second-order valence-corrected chi connectivity index (χ2v) is 11.0. The summed E-state index contributed by atoms with van der Waals surface area (Å²) in [6.07, 6.45) is -0.900. The zero-order valence-corrected chi connectivity index (χ0v) is 22.8. The van der Waals surface area contributed by atoms with Crippen LogP contribution in [0.15, 0.2) is 24.3 Å². The number of carbonyl (C=O) groups excluding carboxylic acids is 1. The first kappa shape index (κ1) is 27.3. The lowest BCUT2D eigenvalue weighted by atomic mass is 10.2. The molecule has 0 spiro atoms. The van der Waals surface area contributed by atoms with Gasteiger partial charge in [-0.3, -0.25) is 0 Å². The summed E-state index contributed by atoms with van der Waals surface area (Å²) in [5, 5.41) is 3.25. The summed E-state index contributed by atoms with van der Waals surface area (Å²) in [5.41, 5.74) is 0.220. The van der Waals surface area contributed by atoms with Crippen LogP contribution in [0.1, 0.15) is 32.6 Å². The molecule has 212 valence electrons. The minimum absolute atomic E-state index is 0.213. The molecule has 1 aromatic heterocycles. The predicted octanol–water partition coefficient (Wildman–Crippen LogP) is 2.80. The first-order valence-corrected chi connectivity index (χ1v) is 13.6. The second-order valence-electron chi connectivity index (χ2n) is 11.0. The van der Waals surface area contributed by atoms with Gasteiger partial charge in [-0.05, 0) is 32.9 Å². The van der Waals surface area contributed by atoms with Crippen LogP contribution in [0.25, 0.3) is 0 Å². The lowest BCUT2D eigenvalue weighted by Crippen LogP contribution is -2.51. The van der Waals surface area contributed by atoms with Crippen molar-refractivity contribution >= 4 is 23.5 Å². The van der Waals surface area contributed by atoms with E-state index in [9.17, 15) is 9.18 Å². The molecule has 3 saturated heterocycles. The maximum absolute atomic E-state index is 15.9. The van der Waals surface area contributed by atoms with Crippen LogP contribution >= 0.6 is 0 Å². The number of halogens is 2. The molecule has 10 nitrogen and oxygen atoms in total. The molecule has 1 atom stereocenters. The van der Waals surface area contributed by atoms with Gasteiger partial charge >= 0.3 is 6.09 Å². The van der Waals surface area contributed by atoms with Gasteiger partial charge in [-0.15, -0.1) is 0 Å². The molecule has 3 aliphatic rings. The number of aromatic nitrogens is 2. The summed E-state index contributed by atoms with van der Waals surface area (Å²) in [5.74, 6) is -0.105. The van der Waals surface area contributed by atoms with Crippen LogP contribution in [0.3, 0.4) is 0 Å². The van der Waals surface area contributed by atoms with Crippen LogP contribution in [0.4, 0.5) is 31.0 Å². The van der Waals surface area contributed by atoms with E-state index in [1.165, 1.54) is 6.07 Å². The van der Waals surface area contributed by atoms with Crippen molar-refractivity contribution in [2.24, 2.45) is 0 Å². The Balaban J connectivity index is 1.35. The topological polar surface area (TPSA) is 86.3 Å². The molecule has 1 amide bonds. The largest absolute Gasteiger partial charge is 0.444 e. The van der Waals surface area contributed by atoms with E-state index in [1.807, 2.05) is 41.5 Å². The third kappa shape index (κ3) is 6.33. The highest BCUT2D eigenvalue weighted by molar-refractivity contribution is 5.68. The highest BCUT2D eigenvalue weighted by atomic mass is 19.1. The summed E-state index contributed by atoms with van der Waals surface area (Å²) in [4.78, 5) is 29.4. The zero-order valence-electron chi connectivity index (χ0n) is 22.8. The van der Waals surface area contributed by atoms with Gasteiger partial charge in [0.1, 0.15) is 23.2 Å². The quantitative estimate of drug-likeness (QED) is 0.623. The summed E-state index contributed by atoms with van der Waals surface area (Å²) >= 11 is 0. The van der Waals surface area contributed by atoms with E-state index in [2.05, 4.69) is 15.3 Å². The molecule has 0 bridgehead atoms. The van der Waals surface area contributed by atoms with E-state index in [-0.39, 0.29) is 23.4 Å². The maximum Gasteiger partial charge on any atom is 0.410 e. The van der Waals surface area contributed by atoms with Crippen molar-refractivity contribution in [3.63, 3.8) is 0 Å². The van der Waals surface area contributed by atoms with Crippen LogP contribution in [-0.2, 0) is 9.47 Å². The first-order valence-electron chi connectivity index (χ1n) is 13.6. The summed E-state index contributed by atoms with van der Waals surface area (Å²) in [6.45, 7) is 11.0. The first-order chi connectivity index (χ1) is 18.7. The number of morpholine rings is 1. The Labute approximate surface area is 227 Å². The van der Waals surface area contributed by atoms with Crippen molar-refractivity contribution in [2.45, 2.75) is 32.5 Å². The van der Waals surface area contributed by atoms with E-state index >= 15 is 4.39 Å². The number of ether oxygens (including phenoxy) is 2. The number of nitrogens with one attached hydrogen (secondary N) is 1. The van der Waals surface area contributed by atoms with Crippen molar-refractivity contribution in [3.05, 3.63) is 41.6 Å². The monoisotopic (exact) mass is 545 g/mol. The fraction of sp³-hybridized carbons (Fsp3) is 0.593. The molecule has 1 unspecified atom stereocenters. The van der Waals surface area contributed by atoms with Crippen molar-refractivity contribution in [1.82, 2.24) is 20.2 Å². The normalized spacial score (nSPS) is 20.8. The number of para-hydroxylation sites is 1. The Bertz CT molecular complexity index is 1160. The third-order valence-corrected chi connectivity index (χ3v) is 7.07. The van der Waals surface area contributed by atoms with Gasteiger partial charge in [0, 0.05) is 65.4 Å². The zero-order chi connectivity index (χ0) is 27.6. The Morgan fingerprint density at radius 1 is 0.974 bits per heavy atom. The van der Waals surface area contributed by atoms with Crippen LogP contribution in [0.2, 0.25) is 0 Å². The number of benzene rings is 1. The van der Waals surface area contributed by atoms with Crippen molar-refractivity contribution in [3.8, 4) is 0 Å². The second kappa shape index (κ2) is 11.5. The summed E-state index contributed by atoms with van der Waals surface area (Å²) < 4.78 is 41.6. The molecule has 12 heteroatoms. The molecule has 0 radical (unpaired) electrons. The summed E-state index contributed by atoms with van der Waals surface area (Å²) in [7, 11) is 0. The molecule has 1 N–H and O–H groups in total. The number of amides is 1. The molecule has 0 saturated carbocycles. The molecule has 2 aromatic rings. The number of hydrogen-bond donors (Lipinski definition) is 1. The highest BCUT2D eigenvalue weighted by Crippen LogP contribution is 2.30. The molecular weight excluding hydrogens is 508 g/mol. The van der Waals surface area contributed by atoms with Gasteiger partial charge < -0.3 is 34.4 Å². The van der Waals surface area contributed by atoms with Crippen LogP contribution in [0.5, 0.6) is 0 Å². The van der Waals surface area contributed by atoms with Gasteiger partial charge in [0.05, 0.1) is 12.3 Å². The molecule has 0 aliphatic carbocycles. The standard InChI is InChI=1S/C27H37F2N7O3/c1-27(2,3)39-26(37)36-15-11-34(12-16-36)24-22(29)23(21-18-30-8-17-38-21)31-25(32-24)35-13-9-33(10-14-35)20-7-5-4-6-19(20)28/h4-7,21,30H,8-18H2,1-3H3. The van der Waals surface area contributed by atoms with Crippen molar-refractivity contribution in [2.75, 3.05) is 86.8 Å². The number of piperazine rings is 2. The minimum Gasteiger partial charge on any atom is -0.444 e. The highest BCUT2D eigenvalue weighted by Gasteiger charge is 2.32. The average molecular weight is 546 g/mol. The number of rotatable bonds is 4. The Morgan fingerprint density at radius 2 is 1.64 bits per heavy atom. The molecular formula is C27H37F2N7O3. The van der Waals surface area contributed by atoms with Crippen molar-refractivity contribution in [1.29, 1.82) is 0 Å². The van der Waals surface area contributed by atoms with Gasteiger partial charge in [0.15, 0.2) is 11.6 Å². The lowest BCUT2D eigenvalue weighted by molar-refractivity contribution is 0.0225. The molecule has 39 heavy (non-hydrogen) atoms. The fourth-order valence-corrected chi connectivity index (χ4v) is 5.03. The number of anilines is 3. The average Bonchev–Trinajstić information content (AvgIpc) is 2.93. The molecule has 3 fully saturated rings. The van der Waals surface area contributed by atoms with Gasteiger partial charge in [-0.2, -0.15) is 4.98 Å². The van der Waals surface area contributed by atoms with E-state index in [4.69, 9.17) is 9.47 Å².